The number of benzene rings is 1. The Kier molecular flexibility index (Phi) is 5.61. The molecule has 1 amide bonds. The van der Waals surface area contributed by atoms with E-state index in [9.17, 15) is 9.59 Å². The quantitative estimate of drug-likeness (QED) is 0.618. The molecule has 1 aliphatic rings. The van der Waals surface area contributed by atoms with E-state index in [1.165, 1.54) is 6.08 Å². The molecule has 1 atom stereocenters. The van der Waals surface area contributed by atoms with Gasteiger partial charge in [-0.15, -0.1) is 0 Å². The summed E-state index contributed by atoms with van der Waals surface area (Å²) in [5, 5.41) is 0.608. The third-order valence-corrected chi connectivity index (χ3v) is 4.57. The minimum absolute atomic E-state index is 0.0721. The monoisotopic (exact) mass is 354 g/mol. The second-order valence-corrected chi connectivity index (χ2v) is 6.52. The highest BCUT2D eigenvalue weighted by Crippen LogP contribution is 2.22. The number of Topliss-reactive ketones (excluding diaryl/α,β-unsaturated/α-hetero) is 1. The largest absolute Gasteiger partial charge is 0.338 e. The number of ketones is 1. The van der Waals surface area contributed by atoms with E-state index in [1.807, 2.05) is 18.2 Å². The molecule has 2 heterocycles. The number of amides is 1. The Bertz CT molecular complexity index is 772. The molecule has 0 aliphatic carbocycles. The number of piperidine rings is 1. The summed E-state index contributed by atoms with van der Waals surface area (Å²) in [5.74, 6) is -0.177. The molecule has 4 nitrogen and oxygen atoms in total. The molecular formula is C20H19ClN2O2. The molecule has 1 aromatic carbocycles. The fraction of sp³-hybridized carbons (Fsp3) is 0.250. The van der Waals surface area contributed by atoms with Gasteiger partial charge in [0, 0.05) is 41.9 Å². The van der Waals surface area contributed by atoms with E-state index in [2.05, 4.69) is 4.98 Å². The maximum absolute atomic E-state index is 12.6. The lowest BCUT2D eigenvalue weighted by molar-refractivity contribution is -0.127. The van der Waals surface area contributed by atoms with E-state index in [1.54, 1.807) is 41.4 Å². The van der Waals surface area contributed by atoms with E-state index in [0.717, 1.165) is 18.5 Å². The van der Waals surface area contributed by atoms with Crippen molar-refractivity contribution < 1.29 is 9.59 Å². The van der Waals surface area contributed by atoms with Crippen LogP contribution in [0.25, 0.3) is 6.08 Å². The van der Waals surface area contributed by atoms with Crippen molar-refractivity contribution in [2.24, 2.45) is 5.92 Å². The molecule has 1 saturated heterocycles. The summed E-state index contributed by atoms with van der Waals surface area (Å²) in [5.41, 5.74) is 1.38. The van der Waals surface area contributed by atoms with Crippen LogP contribution >= 0.6 is 11.6 Å². The summed E-state index contributed by atoms with van der Waals surface area (Å²) in [6.07, 6.45) is 6.54. The van der Waals surface area contributed by atoms with Crippen molar-refractivity contribution in [3.8, 4) is 0 Å². The molecule has 128 valence electrons. The summed E-state index contributed by atoms with van der Waals surface area (Å²) in [6, 6.07) is 12.5. The first kappa shape index (κ1) is 17.4. The standard InChI is InChI=1S/C20H19ClN2O2/c21-17-8-6-15(7-9-17)20(25)16-4-3-13-23(14-16)19(24)11-10-18-5-1-2-12-22-18/h1-2,5-12,16H,3-4,13-14H2/b11-10+. The average Bonchev–Trinajstić information content (AvgIpc) is 2.67. The number of hydrogen-bond acceptors (Lipinski definition) is 3. The van der Waals surface area contributed by atoms with Crippen LogP contribution in [0.2, 0.25) is 5.02 Å². The van der Waals surface area contributed by atoms with Crippen molar-refractivity contribution in [1.82, 2.24) is 9.88 Å². The number of carbonyl (C=O) groups excluding carboxylic acids is 2. The second kappa shape index (κ2) is 8.08. The Balaban J connectivity index is 1.64. The fourth-order valence-corrected chi connectivity index (χ4v) is 3.10. The smallest absolute Gasteiger partial charge is 0.246 e. The summed E-state index contributed by atoms with van der Waals surface area (Å²) < 4.78 is 0. The van der Waals surface area contributed by atoms with Crippen molar-refractivity contribution in [3.05, 3.63) is 71.0 Å². The van der Waals surface area contributed by atoms with E-state index < -0.39 is 0 Å². The number of halogens is 1. The number of rotatable bonds is 4. The molecule has 0 N–H and O–H groups in total. The fourth-order valence-electron chi connectivity index (χ4n) is 2.98. The summed E-state index contributed by atoms with van der Waals surface area (Å²) in [6.45, 7) is 1.13. The molecule has 1 unspecified atom stereocenters. The van der Waals surface area contributed by atoms with E-state index in [0.29, 0.717) is 23.7 Å². The minimum atomic E-state index is -0.165. The van der Waals surface area contributed by atoms with Crippen LogP contribution in [0, 0.1) is 5.92 Å². The first-order valence-electron chi connectivity index (χ1n) is 8.31. The topological polar surface area (TPSA) is 50.3 Å². The van der Waals surface area contributed by atoms with Crippen molar-refractivity contribution >= 4 is 29.4 Å². The van der Waals surface area contributed by atoms with Crippen LogP contribution in [0.4, 0.5) is 0 Å². The number of nitrogens with zero attached hydrogens (tertiary/aromatic N) is 2. The van der Waals surface area contributed by atoms with Crippen LogP contribution in [-0.4, -0.2) is 34.7 Å². The lowest BCUT2D eigenvalue weighted by atomic mass is 9.90. The Morgan fingerprint density at radius 3 is 2.68 bits per heavy atom. The molecule has 0 radical (unpaired) electrons. The van der Waals surface area contributed by atoms with Crippen molar-refractivity contribution in [1.29, 1.82) is 0 Å². The molecule has 0 spiro atoms. The zero-order chi connectivity index (χ0) is 17.6. The number of hydrogen-bond donors (Lipinski definition) is 0. The van der Waals surface area contributed by atoms with Gasteiger partial charge in [0.1, 0.15) is 0 Å². The molecule has 1 aliphatic heterocycles. The molecule has 1 fully saturated rings. The van der Waals surface area contributed by atoms with Gasteiger partial charge >= 0.3 is 0 Å². The molecule has 3 rings (SSSR count). The van der Waals surface area contributed by atoms with Crippen molar-refractivity contribution in [2.45, 2.75) is 12.8 Å². The molecule has 0 bridgehead atoms. The first-order valence-corrected chi connectivity index (χ1v) is 8.69. The summed E-state index contributed by atoms with van der Waals surface area (Å²) in [7, 11) is 0. The minimum Gasteiger partial charge on any atom is -0.338 e. The zero-order valence-electron chi connectivity index (χ0n) is 13.8. The predicted octanol–water partition coefficient (Wildman–Crippen LogP) is 3.87. The van der Waals surface area contributed by atoms with Gasteiger partial charge < -0.3 is 4.90 Å². The predicted molar refractivity (Wildman–Crippen MR) is 98.4 cm³/mol. The van der Waals surface area contributed by atoms with Crippen LogP contribution in [0.1, 0.15) is 28.9 Å². The highest BCUT2D eigenvalue weighted by molar-refractivity contribution is 6.30. The molecule has 0 saturated carbocycles. The maximum atomic E-state index is 12.6. The van der Waals surface area contributed by atoms with Crippen molar-refractivity contribution in [2.75, 3.05) is 13.1 Å². The first-order chi connectivity index (χ1) is 12.1. The van der Waals surface area contributed by atoms with Crippen LogP contribution in [0.15, 0.2) is 54.7 Å². The van der Waals surface area contributed by atoms with Gasteiger partial charge in [-0.05, 0) is 55.3 Å². The SMILES string of the molecule is O=C(c1ccc(Cl)cc1)C1CCCN(C(=O)/C=C/c2ccccn2)C1. The number of pyridine rings is 1. The van der Waals surface area contributed by atoms with Crippen LogP contribution in [0.3, 0.4) is 0 Å². The van der Waals surface area contributed by atoms with Crippen molar-refractivity contribution in [3.63, 3.8) is 0 Å². The third-order valence-electron chi connectivity index (χ3n) is 4.32. The Morgan fingerprint density at radius 1 is 1.16 bits per heavy atom. The second-order valence-electron chi connectivity index (χ2n) is 6.08. The van der Waals surface area contributed by atoms with Crippen LogP contribution < -0.4 is 0 Å². The van der Waals surface area contributed by atoms with Gasteiger partial charge in [0.15, 0.2) is 5.78 Å². The number of likely N-dealkylation sites (tertiary alicyclic amines) is 1. The highest BCUT2D eigenvalue weighted by atomic mass is 35.5. The normalized spacial score (nSPS) is 17.6. The van der Waals surface area contributed by atoms with Gasteiger partial charge in [-0.25, -0.2) is 0 Å². The Morgan fingerprint density at radius 2 is 1.96 bits per heavy atom. The van der Waals surface area contributed by atoms with Crippen LogP contribution in [-0.2, 0) is 4.79 Å². The van der Waals surface area contributed by atoms with E-state index >= 15 is 0 Å². The molecule has 25 heavy (non-hydrogen) atoms. The van der Waals surface area contributed by atoms with Gasteiger partial charge in [-0.1, -0.05) is 17.7 Å². The lowest BCUT2D eigenvalue weighted by Gasteiger charge is -2.31. The van der Waals surface area contributed by atoms with E-state index in [4.69, 9.17) is 11.6 Å². The van der Waals surface area contributed by atoms with E-state index in [-0.39, 0.29) is 17.6 Å². The summed E-state index contributed by atoms with van der Waals surface area (Å²) >= 11 is 5.88. The molecular weight excluding hydrogens is 336 g/mol. The third kappa shape index (κ3) is 4.54. The number of carbonyl (C=O) groups is 2. The highest BCUT2D eigenvalue weighted by Gasteiger charge is 2.28. The lowest BCUT2D eigenvalue weighted by Crippen LogP contribution is -2.41. The average molecular weight is 355 g/mol. The summed E-state index contributed by atoms with van der Waals surface area (Å²) in [4.78, 5) is 31.0. The molecule has 5 heteroatoms. The Labute approximate surface area is 152 Å². The molecule has 2 aromatic rings. The van der Waals surface area contributed by atoms with Gasteiger partial charge in [0.2, 0.25) is 5.91 Å². The van der Waals surface area contributed by atoms with Gasteiger partial charge in [0.25, 0.3) is 0 Å². The molecule has 1 aromatic heterocycles. The Hall–Kier alpha value is -2.46. The number of aromatic nitrogens is 1. The maximum Gasteiger partial charge on any atom is 0.246 e. The van der Waals surface area contributed by atoms with Gasteiger partial charge in [0.05, 0.1) is 5.69 Å². The van der Waals surface area contributed by atoms with Gasteiger partial charge in [-0.2, -0.15) is 0 Å². The van der Waals surface area contributed by atoms with Gasteiger partial charge in [-0.3, -0.25) is 14.6 Å². The zero-order valence-corrected chi connectivity index (χ0v) is 14.5. The van der Waals surface area contributed by atoms with Crippen LogP contribution in [0.5, 0.6) is 0 Å².